The summed E-state index contributed by atoms with van der Waals surface area (Å²) >= 11 is 0. The van der Waals surface area contributed by atoms with Crippen LogP contribution in [0.4, 0.5) is 0 Å². The topological polar surface area (TPSA) is 189 Å². The highest BCUT2D eigenvalue weighted by Crippen LogP contribution is 2.23. The number of unbranched alkanes of at least 4 members (excludes halogenated alkanes) is 24. The largest absolute Gasteiger partial charge is 0.394 e. The molecule has 11 nitrogen and oxygen atoms in total. The number of amides is 1. The van der Waals surface area contributed by atoms with Crippen molar-refractivity contribution >= 4 is 5.91 Å². The van der Waals surface area contributed by atoms with E-state index >= 15 is 0 Å². The summed E-state index contributed by atoms with van der Waals surface area (Å²) in [6.07, 6.45) is 21.7. The standard InChI is InChI=1S/C45H89NO10/c1-4-5-6-7-8-9-10-11-12-13-14-15-16-17-18-23-26-29-32-38(49)44(54)46-36(34-55-45-43(53)42(52)41(51)39(33-47)56-45)40(50)37(48)31-28-25-22-20-19-21-24-27-30-35(2)3/h35-43,45,47-53H,4-34H2,1-3H3,(H,46,54)/t36-,37+,38?,39+,40-,41+,42-,43+,45+/m0/s1. The van der Waals surface area contributed by atoms with E-state index in [0.29, 0.717) is 19.3 Å². The van der Waals surface area contributed by atoms with Crippen molar-refractivity contribution in [2.45, 2.75) is 262 Å². The van der Waals surface area contributed by atoms with E-state index in [1.54, 1.807) is 0 Å². The van der Waals surface area contributed by atoms with Gasteiger partial charge in [-0.25, -0.2) is 0 Å². The Morgan fingerprint density at radius 2 is 1.00 bits per heavy atom. The molecule has 9 atom stereocenters. The van der Waals surface area contributed by atoms with Crippen LogP contribution in [0.2, 0.25) is 0 Å². The van der Waals surface area contributed by atoms with Crippen molar-refractivity contribution < 1.29 is 50.0 Å². The molecule has 11 heteroatoms. The fourth-order valence-electron chi connectivity index (χ4n) is 7.68. The molecule has 334 valence electrons. The molecule has 1 unspecified atom stereocenters. The Hall–Kier alpha value is -0.890. The van der Waals surface area contributed by atoms with Crippen LogP contribution in [0, 0.1) is 5.92 Å². The molecule has 1 fully saturated rings. The average molecular weight is 804 g/mol. The number of hydrogen-bond acceptors (Lipinski definition) is 10. The van der Waals surface area contributed by atoms with E-state index in [2.05, 4.69) is 26.1 Å². The molecule has 1 aliphatic rings. The maximum absolute atomic E-state index is 13.1. The highest BCUT2D eigenvalue weighted by atomic mass is 16.7. The summed E-state index contributed by atoms with van der Waals surface area (Å²) in [6, 6.07) is -1.16. The van der Waals surface area contributed by atoms with Gasteiger partial charge in [-0.1, -0.05) is 194 Å². The second kappa shape index (κ2) is 34.9. The Bertz CT molecular complexity index is 895. The van der Waals surface area contributed by atoms with E-state index in [-0.39, 0.29) is 6.42 Å². The van der Waals surface area contributed by atoms with Gasteiger partial charge in [0.2, 0.25) is 5.91 Å². The van der Waals surface area contributed by atoms with Crippen molar-refractivity contribution in [1.29, 1.82) is 0 Å². The minimum Gasteiger partial charge on any atom is -0.394 e. The lowest BCUT2D eigenvalue weighted by atomic mass is 9.98. The second-order valence-corrected chi connectivity index (χ2v) is 17.3. The third-order valence-corrected chi connectivity index (χ3v) is 11.6. The molecular formula is C45H89NO10. The van der Waals surface area contributed by atoms with Gasteiger partial charge in [0.1, 0.15) is 36.6 Å². The first-order valence-corrected chi connectivity index (χ1v) is 23.3. The van der Waals surface area contributed by atoms with E-state index < -0.39 is 74.2 Å². The zero-order valence-electron chi connectivity index (χ0n) is 36.0. The fraction of sp³-hybridized carbons (Fsp3) is 0.978. The quantitative estimate of drug-likeness (QED) is 0.0293. The van der Waals surface area contributed by atoms with Crippen molar-refractivity contribution in [2.75, 3.05) is 13.2 Å². The van der Waals surface area contributed by atoms with Gasteiger partial charge in [-0.05, 0) is 18.8 Å². The Labute approximate surface area is 341 Å². The smallest absolute Gasteiger partial charge is 0.249 e. The highest BCUT2D eigenvalue weighted by molar-refractivity contribution is 5.80. The lowest BCUT2D eigenvalue weighted by molar-refractivity contribution is -0.303. The van der Waals surface area contributed by atoms with Gasteiger partial charge >= 0.3 is 0 Å². The summed E-state index contributed by atoms with van der Waals surface area (Å²) in [7, 11) is 0. The summed E-state index contributed by atoms with van der Waals surface area (Å²) < 4.78 is 11.1. The number of carbonyl (C=O) groups is 1. The number of aliphatic hydroxyl groups excluding tert-OH is 7. The number of rotatable bonds is 38. The maximum atomic E-state index is 13.1. The molecule has 1 saturated heterocycles. The van der Waals surface area contributed by atoms with Crippen molar-refractivity contribution in [2.24, 2.45) is 5.92 Å². The van der Waals surface area contributed by atoms with E-state index in [9.17, 15) is 40.5 Å². The Morgan fingerprint density at radius 1 is 0.589 bits per heavy atom. The first-order chi connectivity index (χ1) is 27.0. The van der Waals surface area contributed by atoms with Gasteiger partial charge < -0.3 is 50.5 Å². The van der Waals surface area contributed by atoms with Crippen LogP contribution >= 0.6 is 0 Å². The molecule has 0 bridgehead atoms. The highest BCUT2D eigenvalue weighted by Gasteiger charge is 2.44. The molecule has 1 heterocycles. The first kappa shape index (κ1) is 53.1. The molecule has 0 radical (unpaired) electrons. The van der Waals surface area contributed by atoms with Gasteiger partial charge in [0.25, 0.3) is 0 Å². The molecule has 8 N–H and O–H groups in total. The maximum Gasteiger partial charge on any atom is 0.249 e. The van der Waals surface area contributed by atoms with E-state index in [0.717, 1.165) is 44.4 Å². The number of ether oxygens (including phenoxy) is 2. The molecule has 0 aromatic heterocycles. The molecule has 1 amide bonds. The van der Waals surface area contributed by atoms with Crippen LogP contribution in [-0.4, -0.2) is 110 Å². The molecule has 0 aromatic rings. The monoisotopic (exact) mass is 804 g/mol. The summed E-state index contributed by atoms with van der Waals surface area (Å²) in [5.74, 6) is 0.0522. The van der Waals surface area contributed by atoms with Crippen LogP contribution in [0.25, 0.3) is 0 Å². The lowest BCUT2D eigenvalue weighted by Gasteiger charge is -2.40. The van der Waals surface area contributed by atoms with Gasteiger partial charge in [-0.15, -0.1) is 0 Å². The Balaban J connectivity index is 2.42. The molecular weight excluding hydrogens is 714 g/mol. The summed E-state index contributed by atoms with van der Waals surface area (Å²) in [6.45, 7) is 5.72. The molecule has 0 spiro atoms. The van der Waals surface area contributed by atoms with Gasteiger partial charge in [-0.2, -0.15) is 0 Å². The first-order valence-electron chi connectivity index (χ1n) is 23.3. The van der Waals surface area contributed by atoms with E-state index in [1.807, 2.05) is 0 Å². The number of aliphatic hydroxyl groups is 7. The summed E-state index contributed by atoms with van der Waals surface area (Å²) in [5.41, 5.74) is 0. The van der Waals surface area contributed by atoms with Crippen LogP contribution in [0.1, 0.15) is 207 Å². The number of hydrogen-bond donors (Lipinski definition) is 8. The number of carbonyl (C=O) groups excluding carboxylic acids is 1. The van der Waals surface area contributed by atoms with E-state index in [1.165, 1.54) is 122 Å². The van der Waals surface area contributed by atoms with Gasteiger partial charge in [0.05, 0.1) is 25.4 Å². The lowest BCUT2D eigenvalue weighted by Crippen LogP contribution is -2.60. The predicted molar refractivity (Wildman–Crippen MR) is 224 cm³/mol. The average Bonchev–Trinajstić information content (AvgIpc) is 3.18. The van der Waals surface area contributed by atoms with Crippen LogP contribution in [0.3, 0.4) is 0 Å². The molecule has 0 aliphatic carbocycles. The van der Waals surface area contributed by atoms with Crippen LogP contribution < -0.4 is 5.32 Å². The molecule has 0 saturated carbocycles. The Morgan fingerprint density at radius 3 is 1.43 bits per heavy atom. The van der Waals surface area contributed by atoms with Crippen molar-refractivity contribution in [3.05, 3.63) is 0 Å². The van der Waals surface area contributed by atoms with Crippen LogP contribution in [0.5, 0.6) is 0 Å². The van der Waals surface area contributed by atoms with Gasteiger partial charge in [0.15, 0.2) is 6.29 Å². The summed E-state index contributed by atoms with van der Waals surface area (Å²) in [4.78, 5) is 13.1. The predicted octanol–water partition coefficient (Wildman–Crippen LogP) is 7.36. The zero-order chi connectivity index (χ0) is 41.4. The molecule has 1 aliphatic heterocycles. The van der Waals surface area contributed by atoms with Crippen LogP contribution in [-0.2, 0) is 14.3 Å². The van der Waals surface area contributed by atoms with Crippen molar-refractivity contribution in [3.63, 3.8) is 0 Å². The second-order valence-electron chi connectivity index (χ2n) is 17.3. The minimum absolute atomic E-state index is 0.265. The third kappa shape index (κ3) is 25.6. The fourth-order valence-corrected chi connectivity index (χ4v) is 7.68. The third-order valence-electron chi connectivity index (χ3n) is 11.6. The van der Waals surface area contributed by atoms with Gasteiger partial charge in [0, 0.05) is 0 Å². The van der Waals surface area contributed by atoms with Crippen molar-refractivity contribution in [3.8, 4) is 0 Å². The zero-order valence-corrected chi connectivity index (χ0v) is 36.0. The number of nitrogens with one attached hydrogen (secondary N) is 1. The van der Waals surface area contributed by atoms with Crippen LogP contribution in [0.15, 0.2) is 0 Å². The molecule has 1 rings (SSSR count). The minimum atomic E-state index is -1.66. The molecule has 56 heavy (non-hydrogen) atoms. The van der Waals surface area contributed by atoms with Gasteiger partial charge in [-0.3, -0.25) is 4.79 Å². The Kier molecular flexibility index (Phi) is 33.1. The van der Waals surface area contributed by atoms with E-state index in [4.69, 9.17) is 9.47 Å². The molecule has 0 aromatic carbocycles. The summed E-state index contributed by atoms with van der Waals surface area (Å²) in [5, 5.41) is 75.6. The normalized spacial score (nSPS) is 22.3. The van der Waals surface area contributed by atoms with Crippen molar-refractivity contribution in [1.82, 2.24) is 5.32 Å². The SMILES string of the molecule is CCCCCCCCCCCCCCCCCCCCC(O)C(=O)N[C@@H](CO[C@@H]1O[C@H](CO)[C@@H](O)[C@H](O)[C@H]1O)[C@H](O)[C@H](O)CCCCCCCCCCC(C)C.